The maximum Gasteiger partial charge on any atom is 0.339 e. The summed E-state index contributed by atoms with van der Waals surface area (Å²) in [5, 5.41) is 0.705. The van der Waals surface area contributed by atoms with Crippen molar-refractivity contribution < 1.29 is 9.53 Å². The number of aryl methyl sites for hydroxylation is 2. The van der Waals surface area contributed by atoms with Crippen LogP contribution < -0.4 is 0 Å². The number of carbonyl (C=O) groups excluding carboxylic acids is 1. The van der Waals surface area contributed by atoms with Crippen LogP contribution in [0.1, 0.15) is 27.3 Å². The van der Waals surface area contributed by atoms with Gasteiger partial charge in [0.15, 0.2) is 0 Å². The van der Waals surface area contributed by atoms with Crippen LogP contribution in [0.2, 0.25) is 5.02 Å². The van der Waals surface area contributed by atoms with Gasteiger partial charge in [0.25, 0.3) is 0 Å². The Balaban J connectivity index is 2.63. The minimum atomic E-state index is -0.314. The smallest absolute Gasteiger partial charge is 0.339 e. The van der Waals surface area contributed by atoms with Crippen LogP contribution >= 0.6 is 11.6 Å². The number of ether oxygens (including phenoxy) is 1. The van der Waals surface area contributed by atoms with Gasteiger partial charge in [-0.25, -0.2) is 4.79 Å². The Labute approximate surface area is 117 Å². The lowest BCUT2D eigenvalue weighted by Crippen LogP contribution is -2.05. The van der Waals surface area contributed by atoms with Gasteiger partial charge in [-0.05, 0) is 50.6 Å². The first-order valence-corrected chi connectivity index (χ1v) is 6.37. The molecule has 0 amide bonds. The molecule has 0 saturated heterocycles. The molecule has 0 bridgehead atoms. The summed E-state index contributed by atoms with van der Waals surface area (Å²) in [6, 6.07) is 7.56. The highest BCUT2D eigenvalue weighted by atomic mass is 35.5. The molecule has 0 atom stereocenters. The second-order valence-corrected chi connectivity index (χ2v) is 4.98. The molecule has 0 saturated carbocycles. The second kappa shape index (κ2) is 5.10. The monoisotopic (exact) mass is 277 g/mol. The highest BCUT2D eigenvalue weighted by Gasteiger charge is 2.17. The van der Waals surface area contributed by atoms with Crippen molar-refractivity contribution in [2.75, 3.05) is 7.11 Å². The fourth-order valence-electron chi connectivity index (χ4n) is 2.32. The highest BCUT2D eigenvalue weighted by Crippen LogP contribution is 2.25. The third-order valence-electron chi connectivity index (χ3n) is 3.24. The number of esters is 1. The predicted molar refractivity (Wildman–Crippen MR) is 76.3 cm³/mol. The van der Waals surface area contributed by atoms with Gasteiger partial charge in [-0.2, -0.15) is 0 Å². The normalized spacial score (nSPS) is 10.6. The molecule has 0 radical (unpaired) electrons. The van der Waals surface area contributed by atoms with E-state index < -0.39 is 0 Å². The van der Waals surface area contributed by atoms with Gasteiger partial charge in [0, 0.05) is 22.1 Å². The lowest BCUT2D eigenvalue weighted by Gasteiger charge is -2.13. The van der Waals surface area contributed by atoms with Gasteiger partial charge in [-0.3, -0.25) is 0 Å². The molecule has 0 unspecified atom stereocenters. The SMILES string of the molecule is COC(=O)c1cc(C)n(-c2ccc(Cl)cc2C)c1C. The summed E-state index contributed by atoms with van der Waals surface area (Å²) in [7, 11) is 1.39. The molecule has 2 aromatic rings. The predicted octanol–water partition coefficient (Wildman–Crippen LogP) is 3.84. The lowest BCUT2D eigenvalue weighted by atomic mass is 10.2. The third kappa shape index (κ3) is 2.38. The van der Waals surface area contributed by atoms with Crippen LogP contribution in [0.4, 0.5) is 0 Å². The molecule has 0 aliphatic carbocycles. The number of carbonyl (C=O) groups is 1. The molecule has 0 aliphatic heterocycles. The molecule has 4 heteroatoms. The van der Waals surface area contributed by atoms with Crippen LogP contribution in [0.3, 0.4) is 0 Å². The van der Waals surface area contributed by atoms with E-state index in [9.17, 15) is 4.79 Å². The number of benzene rings is 1. The van der Waals surface area contributed by atoms with E-state index in [1.54, 1.807) is 0 Å². The summed E-state index contributed by atoms with van der Waals surface area (Å²) in [5.74, 6) is -0.314. The van der Waals surface area contributed by atoms with Crippen molar-refractivity contribution in [2.24, 2.45) is 0 Å². The zero-order valence-corrected chi connectivity index (χ0v) is 12.2. The standard InChI is InChI=1S/C15H16ClNO2/c1-9-7-12(16)5-6-14(9)17-10(2)8-13(11(17)3)15(18)19-4/h5-8H,1-4H3. The second-order valence-electron chi connectivity index (χ2n) is 4.54. The molecular formula is C15H16ClNO2. The van der Waals surface area contributed by atoms with E-state index in [-0.39, 0.29) is 5.97 Å². The van der Waals surface area contributed by atoms with Gasteiger partial charge in [0.1, 0.15) is 0 Å². The fourth-order valence-corrected chi connectivity index (χ4v) is 2.55. The Morgan fingerprint density at radius 1 is 1.21 bits per heavy atom. The zero-order chi connectivity index (χ0) is 14.2. The quantitative estimate of drug-likeness (QED) is 0.781. The number of aromatic nitrogens is 1. The summed E-state index contributed by atoms with van der Waals surface area (Å²) in [6.45, 7) is 5.87. The topological polar surface area (TPSA) is 31.2 Å². The molecule has 0 spiro atoms. The maximum absolute atomic E-state index is 11.7. The van der Waals surface area contributed by atoms with Crippen molar-refractivity contribution in [3.05, 3.63) is 51.8 Å². The van der Waals surface area contributed by atoms with E-state index >= 15 is 0 Å². The Morgan fingerprint density at radius 2 is 1.89 bits per heavy atom. The lowest BCUT2D eigenvalue weighted by molar-refractivity contribution is 0.0600. The van der Waals surface area contributed by atoms with Gasteiger partial charge in [-0.15, -0.1) is 0 Å². The first-order chi connectivity index (χ1) is 8.95. The minimum absolute atomic E-state index is 0.314. The number of hydrogen-bond donors (Lipinski definition) is 0. The van der Waals surface area contributed by atoms with Gasteiger partial charge >= 0.3 is 5.97 Å². The van der Waals surface area contributed by atoms with Crippen LogP contribution in [-0.2, 0) is 4.74 Å². The number of rotatable bonds is 2. The molecule has 100 valence electrons. The molecule has 3 nitrogen and oxygen atoms in total. The molecule has 0 fully saturated rings. The van der Waals surface area contributed by atoms with E-state index in [1.807, 2.05) is 49.6 Å². The average Bonchev–Trinajstić information content (AvgIpc) is 2.65. The van der Waals surface area contributed by atoms with Crippen molar-refractivity contribution in [1.29, 1.82) is 0 Å². The van der Waals surface area contributed by atoms with Gasteiger partial charge in [0.05, 0.1) is 12.7 Å². The molecule has 0 aliphatic rings. The van der Waals surface area contributed by atoms with Crippen LogP contribution in [0.25, 0.3) is 5.69 Å². The van der Waals surface area contributed by atoms with Crippen molar-refractivity contribution in [3.63, 3.8) is 0 Å². The van der Waals surface area contributed by atoms with E-state index in [0.29, 0.717) is 10.6 Å². The molecule has 19 heavy (non-hydrogen) atoms. The van der Waals surface area contributed by atoms with E-state index in [0.717, 1.165) is 22.6 Å². The molecule has 1 aromatic carbocycles. The number of hydrogen-bond acceptors (Lipinski definition) is 2. The number of nitrogens with zero attached hydrogens (tertiary/aromatic N) is 1. The molecular weight excluding hydrogens is 262 g/mol. The maximum atomic E-state index is 11.7. The fraction of sp³-hybridized carbons (Fsp3) is 0.267. The molecule has 1 aromatic heterocycles. The minimum Gasteiger partial charge on any atom is -0.465 e. The Bertz CT molecular complexity index is 644. The van der Waals surface area contributed by atoms with Gasteiger partial charge in [0.2, 0.25) is 0 Å². The molecule has 0 N–H and O–H groups in total. The Kier molecular flexibility index (Phi) is 3.67. The number of methoxy groups -OCH3 is 1. The largest absolute Gasteiger partial charge is 0.465 e. The average molecular weight is 278 g/mol. The van der Waals surface area contributed by atoms with Crippen molar-refractivity contribution >= 4 is 17.6 Å². The molecule has 1 heterocycles. The van der Waals surface area contributed by atoms with E-state index in [1.165, 1.54) is 7.11 Å². The van der Waals surface area contributed by atoms with Crippen molar-refractivity contribution in [3.8, 4) is 5.69 Å². The first kappa shape index (κ1) is 13.7. The van der Waals surface area contributed by atoms with Crippen molar-refractivity contribution in [1.82, 2.24) is 4.57 Å². The Morgan fingerprint density at radius 3 is 2.47 bits per heavy atom. The summed E-state index contributed by atoms with van der Waals surface area (Å²) < 4.78 is 6.84. The van der Waals surface area contributed by atoms with Crippen LogP contribution in [0.5, 0.6) is 0 Å². The number of halogens is 1. The molecule has 2 rings (SSSR count). The van der Waals surface area contributed by atoms with Crippen LogP contribution in [-0.4, -0.2) is 17.6 Å². The summed E-state index contributed by atoms with van der Waals surface area (Å²) in [5.41, 5.74) is 4.53. The van der Waals surface area contributed by atoms with Crippen LogP contribution in [0, 0.1) is 20.8 Å². The van der Waals surface area contributed by atoms with Crippen LogP contribution in [0.15, 0.2) is 24.3 Å². The van der Waals surface area contributed by atoms with Crippen molar-refractivity contribution in [2.45, 2.75) is 20.8 Å². The summed E-state index contributed by atoms with van der Waals surface area (Å²) in [6.07, 6.45) is 0. The van der Waals surface area contributed by atoms with Gasteiger partial charge < -0.3 is 9.30 Å². The highest BCUT2D eigenvalue weighted by molar-refractivity contribution is 6.30. The third-order valence-corrected chi connectivity index (χ3v) is 3.47. The summed E-state index contributed by atoms with van der Waals surface area (Å²) >= 11 is 5.98. The van der Waals surface area contributed by atoms with E-state index in [4.69, 9.17) is 16.3 Å². The Hall–Kier alpha value is -1.74. The van der Waals surface area contributed by atoms with Gasteiger partial charge in [-0.1, -0.05) is 11.6 Å². The zero-order valence-electron chi connectivity index (χ0n) is 11.5. The van der Waals surface area contributed by atoms with E-state index in [2.05, 4.69) is 0 Å². The summed E-state index contributed by atoms with van der Waals surface area (Å²) in [4.78, 5) is 11.7. The first-order valence-electron chi connectivity index (χ1n) is 5.99.